The van der Waals surface area contributed by atoms with E-state index in [0.29, 0.717) is 0 Å². The van der Waals surface area contributed by atoms with Crippen LogP contribution in [0.4, 0.5) is 8.78 Å². The lowest BCUT2D eigenvalue weighted by Gasteiger charge is -2.20. The summed E-state index contributed by atoms with van der Waals surface area (Å²) in [5.74, 6) is -6.10. The average Bonchev–Trinajstić information content (AvgIpc) is 2.54. The van der Waals surface area contributed by atoms with Gasteiger partial charge in [-0.25, -0.2) is 8.78 Å². The van der Waals surface area contributed by atoms with Gasteiger partial charge in [0, 0.05) is 0 Å². The SMILES string of the molecule is [2H]C([2H])(O)C(F)(F)CN1C(=O)c2ccccc2C1=O. The Morgan fingerprint density at radius 3 is 2.12 bits per heavy atom. The summed E-state index contributed by atoms with van der Waals surface area (Å²) in [5.41, 5.74) is -0.0244. The van der Waals surface area contributed by atoms with Gasteiger partial charge in [-0.1, -0.05) is 12.1 Å². The van der Waals surface area contributed by atoms with Crippen molar-refractivity contribution in [1.29, 1.82) is 0 Å². The van der Waals surface area contributed by atoms with Gasteiger partial charge >= 0.3 is 0 Å². The fourth-order valence-electron chi connectivity index (χ4n) is 1.62. The molecule has 0 atom stereocenters. The second-order valence-electron chi connectivity index (χ2n) is 3.56. The maximum Gasteiger partial charge on any atom is 0.288 e. The molecule has 0 aromatic heterocycles. The summed E-state index contributed by atoms with van der Waals surface area (Å²) in [4.78, 5) is 23.8. The highest BCUT2D eigenvalue weighted by Crippen LogP contribution is 2.25. The molecule has 0 spiro atoms. The number of amides is 2. The van der Waals surface area contributed by atoms with Gasteiger partial charge in [0.05, 0.1) is 20.4 Å². The summed E-state index contributed by atoms with van der Waals surface area (Å²) in [6.45, 7) is -5.33. The zero-order valence-corrected chi connectivity index (χ0v) is 8.48. The normalized spacial score (nSPS) is 17.9. The molecule has 17 heavy (non-hydrogen) atoms. The van der Waals surface area contributed by atoms with E-state index in [1.165, 1.54) is 24.3 Å². The Morgan fingerprint density at radius 2 is 1.71 bits per heavy atom. The van der Waals surface area contributed by atoms with Gasteiger partial charge in [-0.2, -0.15) is 0 Å². The molecule has 1 aromatic carbocycles. The first-order valence-electron chi connectivity index (χ1n) is 5.70. The van der Waals surface area contributed by atoms with Crippen molar-refractivity contribution >= 4 is 11.8 Å². The third-order valence-corrected chi connectivity index (χ3v) is 2.40. The van der Waals surface area contributed by atoms with Gasteiger partial charge in [-0.15, -0.1) is 0 Å². The van der Waals surface area contributed by atoms with Crippen LogP contribution in [0.3, 0.4) is 0 Å². The highest BCUT2D eigenvalue weighted by molar-refractivity contribution is 6.21. The number of benzene rings is 1. The van der Waals surface area contributed by atoms with Crippen LogP contribution in [-0.4, -0.2) is 40.8 Å². The Kier molecular flexibility index (Phi) is 2.11. The maximum atomic E-state index is 13.4. The molecule has 0 saturated heterocycles. The van der Waals surface area contributed by atoms with Crippen LogP contribution < -0.4 is 0 Å². The fraction of sp³-hybridized carbons (Fsp3) is 0.273. The van der Waals surface area contributed by atoms with Gasteiger partial charge in [0.25, 0.3) is 17.7 Å². The largest absolute Gasteiger partial charge is 0.390 e. The molecule has 0 saturated carbocycles. The van der Waals surface area contributed by atoms with Crippen LogP contribution in [0.1, 0.15) is 23.5 Å². The van der Waals surface area contributed by atoms with Crippen LogP contribution in [0.2, 0.25) is 0 Å². The zero-order chi connectivity index (χ0) is 14.4. The number of aliphatic hydroxyl groups is 1. The molecule has 6 heteroatoms. The summed E-state index contributed by atoms with van der Waals surface area (Å²) in [5, 5.41) is 8.73. The number of carbonyl (C=O) groups excluding carboxylic acids is 2. The highest BCUT2D eigenvalue weighted by Gasteiger charge is 2.41. The lowest BCUT2D eigenvalue weighted by atomic mass is 10.1. The number of nitrogens with zero attached hydrogens (tertiary/aromatic N) is 1. The molecule has 1 aliphatic rings. The van der Waals surface area contributed by atoms with Crippen LogP contribution in [0, 0.1) is 0 Å². The van der Waals surface area contributed by atoms with Crippen molar-refractivity contribution in [3.63, 3.8) is 0 Å². The topological polar surface area (TPSA) is 57.6 Å². The average molecular weight is 243 g/mol. The van der Waals surface area contributed by atoms with Gasteiger partial charge in [0.2, 0.25) is 0 Å². The summed E-state index contributed by atoms with van der Waals surface area (Å²) >= 11 is 0. The zero-order valence-electron chi connectivity index (χ0n) is 10.5. The minimum atomic E-state index is -4.25. The number of carbonyl (C=O) groups is 2. The van der Waals surface area contributed by atoms with Crippen molar-refractivity contribution in [1.82, 2.24) is 4.90 Å². The highest BCUT2D eigenvalue weighted by atomic mass is 19.3. The molecule has 4 nitrogen and oxygen atoms in total. The summed E-state index contributed by atoms with van der Waals surface area (Å²) in [6.07, 6.45) is 0. The predicted octanol–water partition coefficient (Wildman–Crippen LogP) is 0.910. The summed E-state index contributed by atoms with van der Waals surface area (Å²) in [7, 11) is 0. The Morgan fingerprint density at radius 1 is 1.24 bits per heavy atom. The fourth-order valence-corrected chi connectivity index (χ4v) is 1.62. The number of imide groups is 1. The lowest BCUT2D eigenvalue weighted by Crippen LogP contribution is -2.42. The molecule has 2 amide bonds. The molecule has 0 radical (unpaired) electrons. The Hall–Kier alpha value is -1.82. The van der Waals surface area contributed by atoms with Crippen molar-refractivity contribution in [2.75, 3.05) is 13.1 Å². The molecule has 0 unspecified atom stereocenters. The van der Waals surface area contributed by atoms with E-state index in [9.17, 15) is 18.4 Å². The van der Waals surface area contributed by atoms with E-state index in [2.05, 4.69) is 0 Å². The molecule has 1 heterocycles. The van der Waals surface area contributed by atoms with E-state index in [1.54, 1.807) is 0 Å². The minimum Gasteiger partial charge on any atom is -0.390 e. The Balaban J connectivity index is 2.31. The van der Waals surface area contributed by atoms with Crippen LogP contribution in [-0.2, 0) is 0 Å². The smallest absolute Gasteiger partial charge is 0.288 e. The molecular formula is C11H9F2NO3. The number of halogens is 2. The van der Waals surface area contributed by atoms with Crippen molar-refractivity contribution in [2.24, 2.45) is 0 Å². The van der Waals surface area contributed by atoms with E-state index in [-0.39, 0.29) is 16.0 Å². The van der Waals surface area contributed by atoms with E-state index in [4.69, 9.17) is 7.85 Å². The number of alkyl halides is 2. The molecule has 1 aromatic rings. The summed E-state index contributed by atoms with van der Waals surface area (Å²) < 4.78 is 40.0. The Labute approximate surface area is 98.3 Å². The number of rotatable bonds is 3. The van der Waals surface area contributed by atoms with Crippen molar-refractivity contribution < 1.29 is 26.2 Å². The Bertz CT molecular complexity index is 522. The second-order valence-corrected chi connectivity index (χ2v) is 3.56. The van der Waals surface area contributed by atoms with Crippen LogP contribution in [0.25, 0.3) is 0 Å². The van der Waals surface area contributed by atoms with Crippen LogP contribution in [0.15, 0.2) is 24.3 Å². The molecule has 2 rings (SSSR count). The van der Waals surface area contributed by atoms with E-state index in [1.807, 2.05) is 0 Å². The lowest BCUT2D eigenvalue weighted by molar-refractivity contribution is -0.0627. The maximum absolute atomic E-state index is 13.4. The number of hydrogen-bond donors (Lipinski definition) is 1. The third kappa shape index (κ3) is 1.91. The molecule has 0 bridgehead atoms. The van der Waals surface area contributed by atoms with Gasteiger partial charge in [-0.05, 0) is 12.1 Å². The molecule has 0 aliphatic carbocycles. The minimum absolute atomic E-state index is 0.0122. The molecule has 90 valence electrons. The van der Waals surface area contributed by atoms with Gasteiger partial charge in [-0.3, -0.25) is 14.5 Å². The van der Waals surface area contributed by atoms with E-state index >= 15 is 0 Å². The van der Waals surface area contributed by atoms with Gasteiger partial charge < -0.3 is 5.11 Å². The van der Waals surface area contributed by atoms with Gasteiger partial charge in [0.1, 0.15) is 6.56 Å². The van der Waals surface area contributed by atoms with Gasteiger partial charge in [0.15, 0.2) is 0 Å². The van der Waals surface area contributed by atoms with Crippen molar-refractivity contribution in [2.45, 2.75) is 5.92 Å². The number of fused-ring (bicyclic) bond motifs is 1. The first-order chi connectivity index (χ1) is 8.65. The number of hydrogen-bond acceptors (Lipinski definition) is 3. The van der Waals surface area contributed by atoms with Crippen LogP contribution in [0.5, 0.6) is 0 Å². The van der Waals surface area contributed by atoms with E-state index < -0.39 is 30.8 Å². The first kappa shape index (κ1) is 9.23. The van der Waals surface area contributed by atoms with Crippen LogP contribution >= 0.6 is 0 Å². The third-order valence-electron chi connectivity index (χ3n) is 2.40. The predicted molar refractivity (Wildman–Crippen MR) is 53.8 cm³/mol. The van der Waals surface area contributed by atoms with Crippen molar-refractivity contribution in [3.8, 4) is 0 Å². The molecule has 0 fully saturated rings. The monoisotopic (exact) mass is 243 g/mol. The summed E-state index contributed by atoms with van der Waals surface area (Å²) in [6, 6.07) is 5.61. The molecule has 1 N–H and O–H groups in total. The standard InChI is InChI=1S/C11H9F2NO3/c12-11(13,6-15)5-14-9(16)7-3-1-2-4-8(7)10(14)17/h1-4,15H,5-6H2/i6D2. The molecule has 1 aliphatic heterocycles. The first-order valence-corrected chi connectivity index (χ1v) is 4.70. The van der Waals surface area contributed by atoms with Crippen molar-refractivity contribution in [3.05, 3.63) is 35.4 Å². The molecular weight excluding hydrogens is 232 g/mol. The second kappa shape index (κ2) is 3.89. The quantitative estimate of drug-likeness (QED) is 0.803. The van der Waals surface area contributed by atoms with E-state index in [0.717, 1.165) is 0 Å².